The van der Waals surface area contributed by atoms with Gasteiger partial charge in [0.15, 0.2) is 0 Å². The number of aliphatic hydroxyl groups excluding tert-OH is 1. The molecule has 18 heavy (non-hydrogen) atoms. The van der Waals surface area contributed by atoms with Crippen molar-refractivity contribution in [3.63, 3.8) is 0 Å². The first-order valence-electron chi connectivity index (χ1n) is 6.55. The van der Waals surface area contributed by atoms with E-state index >= 15 is 0 Å². The van der Waals surface area contributed by atoms with Crippen LogP contribution in [-0.2, 0) is 9.59 Å². The van der Waals surface area contributed by atoms with Gasteiger partial charge < -0.3 is 15.3 Å². The van der Waals surface area contributed by atoms with E-state index in [1.807, 2.05) is 11.8 Å². The van der Waals surface area contributed by atoms with Crippen LogP contribution in [-0.4, -0.2) is 72.6 Å². The number of amides is 2. The van der Waals surface area contributed by atoms with Crippen molar-refractivity contribution in [3.8, 4) is 0 Å². The van der Waals surface area contributed by atoms with Crippen LogP contribution in [0.3, 0.4) is 0 Å². The van der Waals surface area contributed by atoms with Crippen molar-refractivity contribution in [3.05, 3.63) is 0 Å². The van der Waals surface area contributed by atoms with Gasteiger partial charge >= 0.3 is 0 Å². The van der Waals surface area contributed by atoms with Crippen LogP contribution >= 0.6 is 0 Å². The summed E-state index contributed by atoms with van der Waals surface area (Å²) in [5.41, 5.74) is 0. The van der Waals surface area contributed by atoms with E-state index in [0.29, 0.717) is 39.0 Å². The first-order chi connectivity index (χ1) is 8.67. The molecule has 6 nitrogen and oxygen atoms in total. The van der Waals surface area contributed by atoms with Gasteiger partial charge in [0.25, 0.3) is 0 Å². The molecule has 1 heterocycles. The lowest BCUT2D eigenvalue weighted by molar-refractivity contribution is -0.133. The second kappa shape index (κ2) is 8.05. The second-order valence-electron chi connectivity index (χ2n) is 4.44. The maximum Gasteiger partial charge on any atom is 0.234 e. The summed E-state index contributed by atoms with van der Waals surface area (Å²) in [4.78, 5) is 27.0. The lowest BCUT2D eigenvalue weighted by Crippen LogP contribution is -2.51. The predicted molar refractivity (Wildman–Crippen MR) is 68.0 cm³/mol. The van der Waals surface area contributed by atoms with Crippen molar-refractivity contribution in [1.82, 2.24) is 15.1 Å². The van der Waals surface area contributed by atoms with E-state index in [0.717, 1.165) is 13.1 Å². The Kier molecular flexibility index (Phi) is 6.67. The fourth-order valence-electron chi connectivity index (χ4n) is 2.00. The summed E-state index contributed by atoms with van der Waals surface area (Å²) in [7, 11) is 0. The smallest absolute Gasteiger partial charge is 0.234 e. The molecule has 0 spiro atoms. The SMILES string of the molecule is CCNC(=O)CN1CCN(C(=O)CCCO)CC1. The summed E-state index contributed by atoms with van der Waals surface area (Å²) in [6, 6.07) is 0. The monoisotopic (exact) mass is 257 g/mol. The number of piperazine rings is 1. The summed E-state index contributed by atoms with van der Waals surface area (Å²) >= 11 is 0. The Labute approximate surface area is 108 Å². The van der Waals surface area contributed by atoms with Crippen molar-refractivity contribution in [1.29, 1.82) is 0 Å². The molecule has 0 aromatic carbocycles. The number of hydrogen-bond donors (Lipinski definition) is 2. The van der Waals surface area contributed by atoms with Crippen molar-refractivity contribution >= 4 is 11.8 Å². The van der Waals surface area contributed by atoms with Crippen LogP contribution in [0.4, 0.5) is 0 Å². The number of nitrogens with one attached hydrogen (secondary N) is 1. The molecular weight excluding hydrogens is 234 g/mol. The standard InChI is InChI=1S/C12H23N3O3/c1-2-13-11(17)10-14-5-7-15(8-6-14)12(18)4-3-9-16/h16H,2-10H2,1H3,(H,13,17). The Morgan fingerprint density at radius 3 is 2.44 bits per heavy atom. The molecule has 2 N–H and O–H groups in total. The number of hydrogen-bond acceptors (Lipinski definition) is 4. The molecule has 0 aliphatic carbocycles. The summed E-state index contributed by atoms with van der Waals surface area (Å²) < 4.78 is 0. The zero-order valence-corrected chi connectivity index (χ0v) is 11.0. The normalized spacial score (nSPS) is 16.7. The quantitative estimate of drug-likeness (QED) is 0.643. The topological polar surface area (TPSA) is 72.9 Å². The van der Waals surface area contributed by atoms with Gasteiger partial charge in [0, 0.05) is 45.8 Å². The van der Waals surface area contributed by atoms with Gasteiger partial charge in [-0.25, -0.2) is 0 Å². The van der Waals surface area contributed by atoms with Gasteiger partial charge in [-0.05, 0) is 13.3 Å². The van der Waals surface area contributed by atoms with Gasteiger partial charge in [-0.1, -0.05) is 0 Å². The average Bonchev–Trinajstić information content (AvgIpc) is 2.37. The molecule has 0 bridgehead atoms. The van der Waals surface area contributed by atoms with Crippen molar-refractivity contribution in [2.75, 3.05) is 45.9 Å². The molecule has 0 aromatic rings. The van der Waals surface area contributed by atoms with E-state index in [4.69, 9.17) is 5.11 Å². The van der Waals surface area contributed by atoms with Gasteiger partial charge in [0.1, 0.15) is 0 Å². The molecule has 6 heteroatoms. The highest BCUT2D eigenvalue weighted by molar-refractivity contribution is 5.78. The van der Waals surface area contributed by atoms with Crippen LogP contribution in [0.2, 0.25) is 0 Å². The number of carbonyl (C=O) groups is 2. The van der Waals surface area contributed by atoms with Crippen LogP contribution in [0.5, 0.6) is 0 Å². The number of aliphatic hydroxyl groups is 1. The van der Waals surface area contributed by atoms with Crippen LogP contribution in [0.15, 0.2) is 0 Å². The molecule has 0 unspecified atom stereocenters. The molecule has 1 saturated heterocycles. The number of carbonyl (C=O) groups excluding carboxylic acids is 2. The summed E-state index contributed by atoms with van der Waals surface area (Å²) in [6.45, 7) is 5.83. The van der Waals surface area contributed by atoms with E-state index in [9.17, 15) is 9.59 Å². The number of nitrogens with zero attached hydrogens (tertiary/aromatic N) is 2. The van der Waals surface area contributed by atoms with Crippen LogP contribution in [0.1, 0.15) is 19.8 Å². The van der Waals surface area contributed by atoms with E-state index < -0.39 is 0 Å². The zero-order chi connectivity index (χ0) is 13.4. The van der Waals surface area contributed by atoms with Crippen LogP contribution in [0.25, 0.3) is 0 Å². The molecule has 1 rings (SSSR count). The van der Waals surface area contributed by atoms with Gasteiger partial charge in [0.05, 0.1) is 6.54 Å². The summed E-state index contributed by atoms with van der Waals surface area (Å²) in [5.74, 6) is 0.138. The third kappa shape index (κ3) is 5.01. The minimum Gasteiger partial charge on any atom is -0.396 e. The van der Waals surface area contributed by atoms with Crippen molar-refractivity contribution in [2.45, 2.75) is 19.8 Å². The summed E-state index contributed by atoms with van der Waals surface area (Å²) in [5, 5.41) is 11.4. The molecule has 0 radical (unpaired) electrons. The molecule has 1 aliphatic rings. The third-order valence-corrected chi connectivity index (χ3v) is 3.01. The van der Waals surface area contributed by atoms with Crippen molar-refractivity contribution in [2.24, 2.45) is 0 Å². The first-order valence-corrected chi connectivity index (χ1v) is 6.55. The van der Waals surface area contributed by atoms with E-state index in [1.54, 1.807) is 0 Å². The van der Waals surface area contributed by atoms with Gasteiger partial charge in [-0.2, -0.15) is 0 Å². The molecule has 2 amide bonds. The van der Waals surface area contributed by atoms with Crippen LogP contribution < -0.4 is 5.32 Å². The maximum absolute atomic E-state index is 11.7. The Bertz CT molecular complexity index is 276. The Hall–Kier alpha value is -1.14. The molecule has 0 aromatic heterocycles. The molecular formula is C12H23N3O3. The Morgan fingerprint density at radius 2 is 1.89 bits per heavy atom. The minimum absolute atomic E-state index is 0.0394. The number of rotatable bonds is 6. The van der Waals surface area contributed by atoms with Gasteiger partial charge in [-0.15, -0.1) is 0 Å². The highest BCUT2D eigenvalue weighted by atomic mass is 16.3. The number of likely N-dealkylation sites (N-methyl/N-ethyl adjacent to an activating group) is 1. The largest absolute Gasteiger partial charge is 0.396 e. The molecule has 1 fully saturated rings. The molecule has 1 aliphatic heterocycles. The highest BCUT2D eigenvalue weighted by Gasteiger charge is 2.21. The Morgan fingerprint density at radius 1 is 1.22 bits per heavy atom. The van der Waals surface area contributed by atoms with Gasteiger partial charge in [0.2, 0.25) is 11.8 Å². The summed E-state index contributed by atoms with van der Waals surface area (Å²) in [6.07, 6.45) is 0.935. The lowest BCUT2D eigenvalue weighted by atomic mass is 10.2. The van der Waals surface area contributed by atoms with E-state index in [1.165, 1.54) is 0 Å². The molecule has 0 saturated carbocycles. The third-order valence-electron chi connectivity index (χ3n) is 3.01. The van der Waals surface area contributed by atoms with E-state index in [2.05, 4.69) is 10.2 Å². The average molecular weight is 257 g/mol. The predicted octanol–water partition coefficient (Wildman–Crippen LogP) is -0.961. The second-order valence-corrected chi connectivity index (χ2v) is 4.44. The van der Waals surface area contributed by atoms with Crippen LogP contribution in [0, 0.1) is 0 Å². The van der Waals surface area contributed by atoms with Gasteiger partial charge in [-0.3, -0.25) is 14.5 Å². The first kappa shape index (κ1) is 14.9. The van der Waals surface area contributed by atoms with E-state index in [-0.39, 0.29) is 18.4 Å². The minimum atomic E-state index is 0.0394. The van der Waals surface area contributed by atoms with Crippen molar-refractivity contribution < 1.29 is 14.7 Å². The zero-order valence-electron chi connectivity index (χ0n) is 11.0. The fraction of sp³-hybridized carbons (Fsp3) is 0.833. The maximum atomic E-state index is 11.7. The molecule has 0 atom stereocenters. The lowest BCUT2D eigenvalue weighted by Gasteiger charge is -2.34. The molecule has 104 valence electrons. The fourth-order valence-corrected chi connectivity index (χ4v) is 2.00. The Balaban J connectivity index is 2.23. The highest BCUT2D eigenvalue weighted by Crippen LogP contribution is 2.04.